The van der Waals surface area contributed by atoms with E-state index in [2.05, 4.69) is 9.97 Å². The van der Waals surface area contributed by atoms with Gasteiger partial charge in [0.15, 0.2) is 0 Å². The van der Waals surface area contributed by atoms with E-state index in [0.717, 1.165) is 12.0 Å². The van der Waals surface area contributed by atoms with Gasteiger partial charge in [-0.05, 0) is 36.2 Å². The monoisotopic (exact) mass is 389 g/mol. The van der Waals surface area contributed by atoms with Crippen LogP contribution in [0.25, 0.3) is 22.3 Å². The summed E-state index contributed by atoms with van der Waals surface area (Å²) in [6.07, 6.45) is 0.808. The predicted molar refractivity (Wildman–Crippen MR) is 103 cm³/mol. The fraction of sp³-hybridized carbons (Fsp3) is 0.222. The molecule has 0 spiro atoms. The highest BCUT2D eigenvalue weighted by Crippen LogP contribution is 2.46. The summed E-state index contributed by atoms with van der Waals surface area (Å²) in [5, 5.41) is 0.482. The van der Waals surface area contributed by atoms with Gasteiger partial charge in [0.1, 0.15) is 11.6 Å². The van der Waals surface area contributed by atoms with Gasteiger partial charge in [-0.3, -0.25) is 14.2 Å². The summed E-state index contributed by atoms with van der Waals surface area (Å²) in [5.41, 5.74) is 6.89. The van der Waals surface area contributed by atoms with Crippen molar-refractivity contribution in [3.05, 3.63) is 58.4 Å². The number of fused-ring (bicyclic) bond motifs is 1. The number of benzene rings is 2. The van der Waals surface area contributed by atoms with Gasteiger partial charge >= 0.3 is 7.82 Å². The minimum Gasteiger partial charge on any atom is -0.403 e. The fourth-order valence-electron chi connectivity index (χ4n) is 2.59. The summed E-state index contributed by atoms with van der Waals surface area (Å²) >= 11 is 0. The van der Waals surface area contributed by atoms with Crippen LogP contribution < -0.4 is 15.8 Å². The van der Waals surface area contributed by atoms with Crippen LogP contribution in [0.4, 0.5) is 0 Å². The smallest absolute Gasteiger partial charge is 0.403 e. The molecule has 0 aliphatic carbocycles. The van der Waals surface area contributed by atoms with E-state index in [0.29, 0.717) is 16.5 Å². The molecule has 1 unspecified atom stereocenters. The van der Waals surface area contributed by atoms with Gasteiger partial charge in [-0.25, -0.2) is 9.55 Å². The molecule has 1 heterocycles. The zero-order valence-electron chi connectivity index (χ0n) is 14.7. The summed E-state index contributed by atoms with van der Waals surface area (Å²) in [5.74, 6) is 0.291. The second-order valence-corrected chi connectivity index (χ2v) is 7.18. The molecule has 0 aliphatic heterocycles. The van der Waals surface area contributed by atoms with E-state index in [1.54, 1.807) is 30.3 Å². The molecule has 8 nitrogen and oxygen atoms in total. The van der Waals surface area contributed by atoms with Crippen molar-refractivity contribution < 1.29 is 18.5 Å². The first-order valence-electron chi connectivity index (χ1n) is 8.43. The van der Waals surface area contributed by atoms with Gasteiger partial charge in [-0.2, -0.15) is 0 Å². The van der Waals surface area contributed by atoms with E-state index in [9.17, 15) is 14.3 Å². The number of para-hydroxylation sites is 1. The predicted octanol–water partition coefficient (Wildman–Crippen LogP) is 2.61. The number of phosphoric ester groups is 1. The number of aryl methyl sites for hydroxylation is 1. The number of nitrogens with zero attached hydrogens (tertiary/aromatic N) is 1. The van der Waals surface area contributed by atoms with Crippen molar-refractivity contribution in [2.75, 3.05) is 13.2 Å². The minimum atomic E-state index is -4.35. The number of aromatic nitrogens is 2. The van der Waals surface area contributed by atoms with Crippen molar-refractivity contribution in [1.29, 1.82) is 0 Å². The maximum absolute atomic E-state index is 12.5. The lowest BCUT2D eigenvalue weighted by Gasteiger charge is -2.15. The topological polar surface area (TPSA) is 128 Å². The van der Waals surface area contributed by atoms with Gasteiger partial charge < -0.3 is 15.2 Å². The van der Waals surface area contributed by atoms with Crippen molar-refractivity contribution in [1.82, 2.24) is 9.97 Å². The largest absolute Gasteiger partial charge is 0.527 e. The number of hydrogen-bond donors (Lipinski definition) is 3. The SMILES string of the molecule is CCc1ccc2nc(-c3ccccc3OP(=O)(O)OCCN)[nH]c(=O)c2c1. The number of H-pyrrole nitrogens is 1. The second-order valence-electron chi connectivity index (χ2n) is 5.80. The highest BCUT2D eigenvalue weighted by molar-refractivity contribution is 7.47. The molecular formula is C18H20N3O5P. The standard InChI is InChI=1S/C18H20N3O5P/c1-2-12-7-8-15-14(11-12)18(22)21-17(20-15)13-5-3-4-6-16(13)26-27(23,24)25-10-9-19/h3-8,11H,2,9-10,19H2,1H3,(H,23,24)(H,20,21,22). The number of nitrogens with two attached hydrogens (primary N) is 1. The van der Waals surface area contributed by atoms with Crippen LogP contribution in [0.1, 0.15) is 12.5 Å². The zero-order chi connectivity index (χ0) is 19.4. The van der Waals surface area contributed by atoms with E-state index in [4.69, 9.17) is 14.8 Å². The number of rotatable bonds is 7. The quantitative estimate of drug-likeness (QED) is 0.530. The summed E-state index contributed by atoms with van der Waals surface area (Å²) in [7, 11) is -4.35. The van der Waals surface area contributed by atoms with E-state index in [1.165, 1.54) is 6.07 Å². The molecule has 0 saturated heterocycles. The van der Waals surface area contributed by atoms with Crippen LogP contribution in [-0.2, 0) is 15.5 Å². The maximum Gasteiger partial charge on any atom is 0.527 e. The lowest BCUT2D eigenvalue weighted by Crippen LogP contribution is -2.11. The third kappa shape index (κ3) is 4.43. The summed E-state index contributed by atoms with van der Waals surface area (Å²) in [6.45, 7) is 1.96. The molecule has 3 rings (SSSR count). The molecule has 0 bridgehead atoms. The fourth-order valence-corrected chi connectivity index (χ4v) is 3.39. The Labute approximate surface area is 155 Å². The van der Waals surface area contributed by atoms with E-state index in [-0.39, 0.29) is 30.3 Å². The van der Waals surface area contributed by atoms with Crippen LogP contribution in [0, 0.1) is 0 Å². The van der Waals surface area contributed by atoms with Crippen molar-refractivity contribution in [2.45, 2.75) is 13.3 Å². The first-order chi connectivity index (χ1) is 12.9. The molecule has 1 aromatic heterocycles. The highest BCUT2D eigenvalue weighted by atomic mass is 31.2. The number of nitrogens with one attached hydrogen (secondary N) is 1. The van der Waals surface area contributed by atoms with Gasteiger partial charge in [-0.1, -0.05) is 25.1 Å². The molecule has 3 aromatic rings. The molecule has 142 valence electrons. The minimum absolute atomic E-state index is 0.0630. The molecule has 9 heteroatoms. The average molecular weight is 389 g/mol. The van der Waals surface area contributed by atoms with Crippen molar-refractivity contribution in [3.63, 3.8) is 0 Å². The molecule has 27 heavy (non-hydrogen) atoms. The maximum atomic E-state index is 12.5. The lowest BCUT2D eigenvalue weighted by molar-refractivity contribution is 0.208. The second kappa shape index (κ2) is 8.02. The Balaban J connectivity index is 2.04. The van der Waals surface area contributed by atoms with Gasteiger partial charge in [0.05, 0.1) is 23.1 Å². The number of aromatic amines is 1. The first-order valence-corrected chi connectivity index (χ1v) is 9.92. The van der Waals surface area contributed by atoms with Crippen molar-refractivity contribution in [2.24, 2.45) is 5.73 Å². The molecule has 2 aromatic carbocycles. The zero-order valence-corrected chi connectivity index (χ0v) is 15.6. The first kappa shape index (κ1) is 19.3. The molecule has 4 N–H and O–H groups in total. The van der Waals surface area contributed by atoms with E-state index < -0.39 is 7.82 Å². The Bertz CT molecular complexity index is 1070. The third-order valence-corrected chi connectivity index (χ3v) is 4.84. The summed E-state index contributed by atoms with van der Waals surface area (Å²) in [4.78, 5) is 29.5. The average Bonchev–Trinajstić information content (AvgIpc) is 2.66. The van der Waals surface area contributed by atoms with Crippen LogP contribution in [-0.4, -0.2) is 28.0 Å². The normalized spacial score (nSPS) is 13.4. The van der Waals surface area contributed by atoms with Gasteiger partial charge in [0.2, 0.25) is 0 Å². The molecule has 0 fully saturated rings. The Hall–Kier alpha value is -2.51. The molecule has 1 atom stereocenters. The number of hydrogen-bond acceptors (Lipinski definition) is 6. The summed E-state index contributed by atoms with van der Waals surface area (Å²) < 4.78 is 22.0. The molecule has 0 amide bonds. The Morgan fingerprint density at radius 2 is 2.04 bits per heavy atom. The Morgan fingerprint density at radius 3 is 2.78 bits per heavy atom. The highest BCUT2D eigenvalue weighted by Gasteiger charge is 2.24. The van der Waals surface area contributed by atoms with Crippen molar-refractivity contribution >= 4 is 18.7 Å². The van der Waals surface area contributed by atoms with E-state index >= 15 is 0 Å². The molecule has 0 aliphatic rings. The summed E-state index contributed by atoms with van der Waals surface area (Å²) in [6, 6.07) is 11.9. The van der Waals surface area contributed by atoms with Gasteiger partial charge in [0, 0.05) is 6.54 Å². The van der Waals surface area contributed by atoms with E-state index in [1.807, 2.05) is 13.0 Å². The molecule has 0 radical (unpaired) electrons. The van der Waals surface area contributed by atoms with Gasteiger partial charge in [-0.15, -0.1) is 0 Å². The molecular weight excluding hydrogens is 369 g/mol. The van der Waals surface area contributed by atoms with Crippen LogP contribution in [0.5, 0.6) is 5.75 Å². The third-order valence-electron chi connectivity index (χ3n) is 3.91. The lowest BCUT2D eigenvalue weighted by atomic mass is 10.1. The van der Waals surface area contributed by atoms with Crippen LogP contribution in [0.2, 0.25) is 0 Å². The van der Waals surface area contributed by atoms with Crippen LogP contribution in [0.3, 0.4) is 0 Å². The van der Waals surface area contributed by atoms with Gasteiger partial charge in [0.25, 0.3) is 5.56 Å². The van der Waals surface area contributed by atoms with Crippen LogP contribution in [0.15, 0.2) is 47.3 Å². The van der Waals surface area contributed by atoms with Crippen molar-refractivity contribution in [3.8, 4) is 17.1 Å². The van der Waals surface area contributed by atoms with Crippen LogP contribution >= 0.6 is 7.82 Å². The Kier molecular flexibility index (Phi) is 5.72. The number of phosphoric acid groups is 1. The molecule has 0 saturated carbocycles. The Morgan fingerprint density at radius 1 is 1.26 bits per heavy atom.